The number of carbonyl (C=O) groups excluding carboxylic acids is 1. The number of thiazole rings is 1. The minimum atomic E-state index is -0.319. The molecule has 0 radical (unpaired) electrons. The molecular weight excluding hydrogens is 272 g/mol. The average molecular weight is 290 g/mol. The first-order valence-corrected chi connectivity index (χ1v) is 7.87. The van der Waals surface area contributed by atoms with Crippen molar-refractivity contribution in [3.8, 4) is 0 Å². The summed E-state index contributed by atoms with van der Waals surface area (Å²) in [4.78, 5) is 16.3. The van der Waals surface area contributed by atoms with Crippen LogP contribution in [0.4, 0.5) is 0 Å². The average Bonchev–Trinajstić information content (AvgIpc) is 2.89. The standard InChI is InChI=1S/C15H18N2O2S/c1-2-19-13(18)12-10-20-14(17-12)15(6-4-7-15)11-5-3-8-16-9-11/h3,5,8,10,16H,2,4,6-7,9H2,1H3. The van der Waals surface area contributed by atoms with Crippen molar-refractivity contribution in [3.05, 3.63) is 40.0 Å². The second-order valence-electron chi connectivity index (χ2n) is 5.13. The van der Waals surface area contributed by atoms with E-state index in [0.29, 0.717) is 12.3 Å². The van der Waals surface area contributed by atoms with Crippen LogP contribution in [0.2, 0.25) is 0 Å². The zero-order valence-electron chi connectivity index (χ0n) is 11.5. The second-order valence-corrected chi connectivity index (χ2v) is 5.98. The van der Waals surface area contributed by atoms with Crippen molar-refractivity contribution in [2.75, 3.05) is 13.2 Å². The molecule has 0 saturated heterocycles. The van der Waals surface area contributed by atoms with Crippen LogP contribution in [0.5, 0.6) is 0 Å². The molecule has 1 aliphatic carbocycles. The van der Waals surface area contributed by atoms with E-state index >= 15 is 0 Å². The molecule has 0 amide bonds. The van der Waals surface area contributed by atoms with Crippen LogP contribution in [0.25, 0.3) is 0 Å². The Morgan fingerprint density at radius 1 is 1.55 bits per heavy atom. The van der Waals surface area contributed by atoms with E-state index in [4.69, 9.17) is 4.74 Å². The molecule has 3 rings (SSSR count). The van der Waals surface area contributed by atoms with Crippen molar-refractivity contribution in [3.63, 3.8) is 0 Å². The van der Waals surface area contributed by atoms with E-state index in [0.717, 1.165) is 24.4 Å². The minimum absolute atomic E-state index is 0.0349. The fourth-order valence-electron chi connectivity index (χ4n) is 2.78. The Morgan fingerprint density at radius 2 is 2.40 bits per heavy atom. The van der Waals surface area contributed by atoms with Crippen LogP contribution < -0.4 is 5.32 Å². The number of esters is 1. The number of nitrogens with zero attached hydrogens (tertiary/aromatic N) is 1. The Bertz CT molecular complexity index is 570. The first-order valence-electron chi connectivity index (χ1n) is 6.99. The smallest absolute Gasteiger partial charge is 0.357 e. The van der Waals surface area contributed by atoms with Gasteiger partial charge in [0.05, 0.1) is 6.61 Å². The highest BCUT2D eigenvalue weighted by atomic mass is 32.1. The van der Waals surface area contributed by atoms with Gasteiger partial charge in [-0.1, -0.05) is 12.5 Å². The number of carbonyl (C=O) groups is 1. The van der Waals surface area contributed by atoms with Crippen molar-refractivity contribution >= 4 is 17.3 Å². The number of dihydropyridines is 1. The summed E-state index contributed by atoms with van der Waals surface area (Å²) in [6, 6.07) is 0. The van der Waals surface area contributed by atoms with E-state index in [9.17, 15) is 4.79 Å². The molecule has 0 unspecified atom stereocenters. The molecule has 1 N–H and O–H groups in total. The van der Waals surface area contributed by atoms with Gasteiger partial charge < -0.3 is 10.1 Å². The maximum absolute atomic E-state index is 11.8. The lowest BCUT2D eigenvalue weighted by atomic mass is 9.64. The summed E-state index contributed by atoms with van der Waals surface area (Å²) in [5, 5.41) is 6.14. The first-order chi connectivity index (χ1) is 9.76. The Morgan fingerprint density at radius 3 is 3.00 bits per heavy atom. The summed E-state index contributed by atoms with van der Waals surface area (Å²) in [7, 11) is 0. The van der Waals surface area contributed by atoms with E-state index in [1.807, 2.05) is 24.6 Å². The number of allylic oxidation sites excluding steroid dienone is 2. The van der Waals surface area contributed by atoms with Crippen LogP contribution in [0.15, 0.2) is 29.3 Å². The third-order valence-corrected chi connectivity index (χ3v) is 5.07. The Labute approximate surface area is 122 Å². The summed E-state index contributed by atoms with van der Waals surface area (Å²) >= 11 is 1.58. The summed E-state index contributed by atoms with van der Waals surface area (Å²) < 4.78 is 5.02. The fraction of sp³-hybridized carbons (Fsp3) is 0.467. The van der Waals surface area contributed by atoms with Crippen LogP contribution in [0.1, 0.15) is 41.7 Å². The molecule has 1 aromatic heterocycles. The minimum Gasteiger partial charge on any atom is -0.461 e. The number of hydrogen-bond acceptors (Lipinski definition) is 5. The lowest BCUT2D eigenvalue weighted by Gasteiger charge is -2.43. The second kappa shape index (κ2) is 5.40. The lowest BCUT2D eigenvalue weighted by molar-refractivity contribution is 0.0520. The normalized spacial score (nSPS) is 19.8. The molecule has 2 aliphatic rings. The fourth-order valence-corrected chi connectivity index (χ4v) is 3.87. The molecule has 20 heavy (non-hydrogen) atoms. The Kier molecular flexibility index (Phi) is 3.61. The van der Waals surface area contributed by atoms with Crippen molar-refractivity contribution in [1.29, 1.82) is 0 Å². The molecule has 1 aliphatic heterocycles. The molecule has 5 heteroatoms. The van der Waals surface area contributed by atoms with Crippen molar-refractivity contribution < 1.29 is 9.53 Å². The summed E-state index contributed by atoms with van der Waals surface area (Å²) in [6.45, 7) is 3.06. The number of hydrogen-bond donors (Lipinski definition) is 1. The van der Waals surface area contributed by atoms with Gasteiger partial charge in [-0.2, -0.15) is 0 Å². The molecule has 4 nitrogen and oxygen atoms in total. The number of aromatic nitrogens is 1. The molecule has 0 spiro atoms. The summed E-state index contributed by atoms with van der Waals surface area (Å²) in [6.07, 6.45) is 9.63. The molecule has 1 aromatic rings. The lowest BCUT2D eigenvalue weighted by Crippen LogP contribution is -2.40. The highest BCUT2D eigenvalue weighted by Crippen LogP contribution is 2.50. The molecular formula is C15H18N2O2S. The summed E-state index contributed by atoms with van der Waals surface area (Å²) in [5.74, 6) is -0.319. The van der Waals surface area contributed by atoms with Gasteiger partial charge in [-0.25, -0.2) is 9.78 Å². The van der Waals surface area contributed by atoms with Crippen molar-refractivity contribution in [1.82, 2.24) is 10.3 Å². The van der Waals surface area contributed by atoms with Crippen LogP contribution in [-0.4, -0.2) is 24.1 Å². The SMILES string of the molecule is CCOC(=O)c1csc(C2(C3=CC=CNC3)CCC2)n1. The van der Waals surface area contributed by atoms with Gasteiger partial charge in [0, 0.05) is 17.3 Å². The van der Waals surface area contributed by atoms with Gasteiger partial charge >= 0.3 is 5.97 Å². The maximum Gasteiger partial charge on any atom is 0.357 e. The predicted octanol–water partition coefficient (Wildman–Crippen LogP) is 2.78. The molecule has 2 heterocycles. The number of rotatable bonds is 4. The highest BCUT2D eigenvalue weighted by Gasteiger charge is 2.44. The van der Waals surface area contributed by atoms with E-state index in [1.54, 1.807) is 11.3 Å². The zero-order chi connectivity index (χ0) is 14.0. The number of nitrogens with one attached hydrogen (secondary N) is 1. The van der Waals surface area contributed by atoms with E-state index in [-0.39, 0.29) is 11.4 Å². The third kappa shape index (κ3) is 2.16. The molecule has 106 valence electrons. The molecule has 0 atom stereocenters. The van der Waals surface area contributed by atoms with E-state index in [1.165, 1.54) is 12.0 Å². The topological polar surface area (TPSA) is 51.2 Å². The van der Waals surface area contributed by atoms with Crippen LogP contribution >= 0.6 is 11.3 Å². The van der Waals surface area contributed by atoms with E-state index in [2.05, 4.69) is 16.4 Å². The van der Waals surface area contributed by atoms with Crippen molar-refractivity contribution in [2.45, 2.75) is 31.6 Å². The first kappa shape index (κ1) is 13.4. The van der Waals surface area contributed by atoms with E-state index < -0.39 is 0 Å². The Hall–Kier alpha value is -1.62. The monoisotopic (exact) mass is 290 g/mol. The third-order valence-electron chi connectivity index (χ3n) is 4.02. The van der Waals surface area contributed by atoms with Gasteiger partial charge in [-0.15, -0.1) is 11.3 Å². The molecule has 1 saturated carbocycles. The Balaban J connectivity index is 1.88. The summed E-state index contributed by atoms with van der Waals surface area (Å²) in [5.41, 5.74) is 1.85. The van der Waals surface area contributed by atoms with Crippen LogP contribution in [-0.2, 0) is 10.2 Å². The van der Waals surface area contributed by atoms with Gasteiger partial charge in [0.1, 0.15) is 5.01 Å². The van der Waals surface area contributed by atoms with Crippen LogP contribution in [0, 0.1) is 0 Å². The van der Waals surface area contributed by atoms with Crippen LogP contribution in [0.3, 0.4) is 0 Å². The van der Waals surface area contributed by atoms with Crippen molar-refractivity contribution in [2.24, 2.45) is 0 Å². The largest absolute Gasteiger partial charge is 0.461 e. The number of ether oxygens (including phenoxy) is 1. The quantitative estimate of drug-likeness (QED) is 0.866. The molecule has 0 aromatic carbocycles. The van der Waals surface area contributed by atoms with Gasteiger partial charge in [0.15, 0.2) is 5.69 Å². The van der Waals surface area contributed by atoms with Gasteiger partial charge in [0.25, 0.3) is 0 Å². The molecule has 0 bridgehead atoms. The highest BCUT2D eigenvalue weighted by molar-refractivity contribution is 7.10. The molecule has 1 fully saturated rings. The van der Waals surface area contributed by atoms with Gasteiger partial charge in [-0.05, 0) is 37.6 Å². The predicted molar refractivity (Wildman–Crippen MR) is 78.8 cm³/mol. The maximum atomic E-state index is 11.8. The van der Waals surface area contributed by atoms with Gasteiger partial charge in [0.2, 0.25) is 0 Å². The zero-order valence-corrected chi connectivity index (χ0v) is 12.3. The van der Waals surface area contributed by atoms with Gasteiger partial charge in [-0.3, -0.25) is 0 Å².